The molecule has 1 aliphatic heterocycles. The van der Waals surface area contributed by atoms with E-state index in [9.17, 15) is 9.59 Å². The van der Waals surface area contributed by atoms with Gasteiger partial charge in [-0.25, -0.2) is 0 Å². The van der Waals surface area contributed by atoms with E-state index in [1.807, 2.05) is 18.7 Å². The van der Waals surface area contributed by atoms with Crippen molar-refractivity contribution in [1.82, 2.24) is 4.90 Å². The van der Waals surface area contributed by atoms with E-state index in [0.29, 0.717) is 5.92 Å². The minimum Gasteiger partial charge on any atom is -0.481 e. The normalized spacial score (nSPS) is 34.8. The van der Waals surface area contributed by atoms with Crippen molar-refractivity contribution in [2.75, 3.05) is 13.1 Å². The Labute approximate surface area is 108 Å². The van der Waals surface area contributed by atoms with Crippen molar-refractivity contribution in [1.29, 1.82) is 0 Å². The zero-order chi connectivity index (χ0) is 13.5. The van der Waals surface area contributed by atoms with Crippen molar-refractivity contribution in [3.8, 4) is 0 Å². The molecule has 1 unspecified atom stereocenters. The number of carbonyl (C=O) groups is 2. The second-order valence-electron chi connectivity index (χ2n) is 6.50. The number of hydrogen-bond donors (Lipinski definition) is 1. The van der Waals surface area contributed by atoms with Crippen LogP contribution in [0.5, 0.6) is 0 Å². The van der Waals surface area contributed by atoms with Gasteiger partial charge in [-0.2, -0.15) is 0 Å². The molecule has 102 valence electrons. The number of carboxylic acid groups (broad SMARTS) is 1. The molecular formula is C14H23NO3. The molecule has 0 spiro atoms. The first-order valence-corrected chi connectivity index (χ1v) is 6.87. The number of hydrogen-bond acceptors (Lipinski definition) is 2. The van der Waals surface area contributed by atoms with E-state index in [1.54, 1.807) is 0 Å². The highest BCUT2D eigenvalue weighted by Crippen LogP contribution is 2.59. The number of carbonyl (C=O) groups excluding carboxylic acids is 1. The summed E-state index contributed by atoms with van der Waals surface area (Å²) in [5.74, 6) is -1.06. The fraction of sp³-hybridized carbons (Fsp3) is 0.857. The fourth-order valence-electron chi connectivity index (χ4n) is 3.31. The van der Waals surface area contributed by atoms with Crippen molar-refractivity contribution < 1.29 is 14.7 Å². The molecule has 1 amide bonds. The third-order valence-electron chi connectivity index (χ3n) is 4.58. The zero-order valence-electron chi connectivity index (χ0n) is 11.5. The molecule has 0 radical (unpaired) electrons. The molecule has 2 aliphatic rings. The molecule has 1 aliphatic carbocycles. The Bertz CT molecular complexity index is 364. The van der Waals surface area contributed by atoms with Gasteiger partial charge in [0.1, 0.15) is 0 Å². The maximum atomic E-state index is 12.5. The lowest BCUT2D eigenvalue weighted by Crippen LogP contribution is -2.36. The van der Waals surface area contributed by atoms with Gasteiger partial charge in [0.2, 0.25) is 5.91 Å². The molecule has 4 nitrogen and oxygen atoms in total. The maximum Gasteiger partial charge on any atom is 0.307 e. The van der Waals surface area contributed by atoms with Crippen LogP contribution in [0.1, 0.15) is 40.0 Å². The van der Waals surface area contributed by atoms with E-state index < -0.39 is 11.9 Å². The Morgan fingerprint density at radius 2 is 1.89 bits per heavy atom. The van der Waals surface area contributed by atoms with E-state index in [2.05, 4.69) is 6.92 Å². The summed E-state index contributed by atoms with van der Waals surface area (Å²) < 4.78 is 0. The van der Waals surface area contributed by atoms with E-state index >= 15 is 0 Å². The molecule has 2 rings (SSSR count). The van der Waals surface area contributed by atoms with Crippen molar-refractivity contribution in [3.05, 3.63) is 0 Å². The minimum atomic E-state index is -0.832. The zero-order valence-corrected chi connectivity index (χ0v) is 11.5. The Morgan fingerprint density at radius 3 is 2.44 bits per heavy atom. The summed E-state index contributed by atoms with van der Waals surface area (Å²) in [5.41, 5.74) is -0.377. The van der Waals surface area contributed by atoms with Crippen LogP contribution in [0.3, 0.4) is 0 Å². The smallest absolute Gasteiger partial charge is 0.307 e. The second-order valence-corrected chi connectivity index (χ2v) is 6.50. The second kappa shape index (κ2) is 4.56. The third-order valence-corrected chi connectivity index (χ3v) is 4.58. The van der Waals surface area contributed by atoms with Gasteiger partial charge in [-0.15, -0.1) is 0 Å². The van der Waals surface area contributed by atoms with Gasteiger partial charge in [-0.1, -0.05) is 27.2 Å². The average Bonchev–Trinajstić information content (AvgIpc) is 2.90. The van der Waals surface area contributed by atoms with Gasteiger partial charge in [0.05, 0.1) is 11.8 Å². The van der Waals surface area contributed by atoms with E-state index in [-0.39, 0.29) is 17.2 Å². The molecule has 4 heteroatoms. The number of rotatable bonds is 2. The molecule has 18 heavy (non-hydrogen) atoms. The molecule has 0 aromatic rings. The van der Waals surface area contributed by atoms with Crippen LogP contribution in [-0.2, 0) is 9.59 Å². The van der Waals surface area contributed by atoms with E-state index in [0.717, 1.165) is 19.5 Å². The van der Waals surface area contributed by atoms with Gasteiger partial charge in [0.25, 0.3) is 0 Å². The highest BCUT2D eigenvalue weighted by Gasteiger charge is 2.66. The summed E-state index contributed by atoms with van der Waals surface area (Å²) in [6, 6.07) is 0. The highest BCUT2D eigenvalue weighted by molar-refractivity contribution is 5.91. The summed E-state index contributed by atoms with van der Waals surface area (Å²) in [5, 5.41) is 9.14. The van der Waals surface area contributed by atoms with E-state index in [1.165, 1.54) is 12.8 Å². The van der Waals surface area contributed by atoms with Crippen molar-refractivity contribution in [2.24, 2.45) is 23.2 Å². The Morgan fingerprint density at radius 1 is 1.22 bits per heavy atom. The lowest BCUT2D eigenvalue weighted by Gasteiger charge is -2.23. The van der Waals surface area contributed by atoms with Crippen LogP contribution in [0.15, 0.2) is 0 Å². The Balaban J connectivity index is 2.06. The molecule has 0 bridgehead atoms. The van der Waals surface area contributed by atoms with Crippen LogP contribution in [0.4, 0.5) is 0 Å². The molecular weight excluding hydrogens is 230 g/mol. The molecule has 0 aromatic carbocycles. The van der Waals surface area contributed by atoms with Crippen LogP contribution in [0, 0.1) is 23.2 Å². The van der Waals surface area contributed by atoms with Crippen LogP contribution in [0.25, 0.3) is 0 Å². The SMILES string of the molecule is CC1CCCCN(C(=O)[C@@H]2[C@H](C(=O)O)C2(C)C)C1. The molecule has 1 saturated heterocycles. The summed E-state index contributed by atoms with van der Waals surface area (Å²) in [7, 11) is 0. The van der Waals surface area contributed by atoms with Gasteiger partial charge >= 0.3 is 5.97 Å². The number of carboxylic acids is 1. The van der Waals surface area contributed by atoms with Crippen molar-refractivity contribution in [2.45, 2.75) is 40.0 Å². The first kappa shape index (κ1) is 13.4. The third kappa shape index (κ3) is 2.25. The first-order chi connectivity index (χ1) is 8.35. The quantitative estimate of drug-likeness (QED) is 0.818. The largest absolute Gasteiger partial charge is 0.481 e. The maximum absolute atomic E-state index is 12.5. The van der Waals surface area contributed by atoms with E-state index in [4.69, 9.17) is 5.11 Å². The van der Waals surface area contributed by atoms with Gasteiger partial charge in [-0.05, 0) is 24.2 Å². The van der Waals surface area contributed by atoms with Gasteiger partial charge in [0.15, 0.2) is 0 Å². The summed E-state index contributed by atoms with van der Waals surface area (Å²) >= 11 is 0. The number of aliphatic carboxylic acids is 1. The standard InChI is InChI=1S/C14H23NO3/c1-9-6-4-5-7-15(8-9)12(16)10-11(13(17)18)14(10,2)3/h9-11H,4-8H2,1-3H3,(H,17,18)/t9?,10-,11+/m0/s1. The monoisotopic (exact) mass is 253 g/mol. The average molecular weight is 253 g/mol. The predicted octanol–water partition coefficient (Wildman–Crippen LogP) is 1.99. The summed E-state index contributed by atoms with van der Waals surface area (Å²) in [4.78, 5) is 25.5. The first-order valence-electron chi connectivity index (χ1n) is 6.87. The van der Waals surface area contributed by atoms with Crippen molar-refractivity contribution in [3.63, 3.8) is 0 Å². The molecule has 3 atom stereocenters. The fourth-order valence-corrected chi connectivity index (χ4v) is 3.31. The molecule has 1 N–H and O–H groups in total. The van der Waals surface area contributed by atoms with Crippen LogP contribution in [0.2, 0.25) is 0 Å². The Kier molecular flexibility index (Phi) is 3.39. The molecule has 2 fully saturated rings. The molecule has 1 heterocycles. The number of likely N-dealkylation sites (tertiary alicyclic amines) is 1. The lowest BCUT2D eigenvalue weighted by atomic mass is 10.1. The number of nitrogens with zero attached hydrogens (tertiary/aromatic N) is 1. The molecule has 0 aromatic heterocycles. The van der Waals surface area contributed by atoms with Crippen LogP contribution >= 0.6 is 0 Å². The van der Waals surface area contributed by atoms with Gasteiger partial charge in [-0.3, -0.25) is 9.59 Å². The van der Waals surface area contributed by atoms with Gasteiger partial charge < -0.3 is 10.0 Å². The topological polar surface area (TPSA) is 57.6 Å². The van der Waals surface area contributed by atoms with Crippen LogP contribution in [-0.4, -0.2) is 35.0 Å². The van der Waals surface area contributed by atoms with Crippen LogP contribution < -0.4 is 0 Å². The summed E-state index contributed by atoms with van der Waals surface area (Å²) in [6.45, 7) is 7.52. The van der Waals surface area contributed by atoms with Gasteiger partial charge in [0, 0.05) is 13.1 Å². The highest BCUT2D eigenvalue weighted by atomic mass is 16.4. The molecule has 1 saturated carbocycles. The lowest BCUT2D eigenvalue weighted by molar-refractivity contribution is -0.142. The van der Waals surface area contributed by atoms with Crippen molar-refractivity contribution >= 4 is 11.9 Å². The predicted molar refractivity (Wildman–Crippen MR) is 68.0 cm³/mol. The Hall–Kier alpha value is -1.06. The summed E-state index contributed by atoms with van der Waals surface area (Å²) in [6.07, 6.45) is 3.38. The minimum absolute atomic E-state index is 0.0566. The number of amides is 1.